The molecule has 0 heterocycles. The van der Waals surface area contributed by atoms with Gasteiger partial charge in [0.2, 0.25) is 0 Å². The normalized spacial score (nSPS) is 12.1. The highest BCUT2D eigenvalue weighted by molar-refractivity contribution is 7.55. The summed E-state index contributed by atoms with van der Waals surface area (Å²) in [6.07, 6.45) is 0. The molecule has 0 aliphatic carbocycles. The molecule has 7 heteroatoms. The fraction of sp³-hybridized carbons (Fsp3) is 0.0870. The molecule has 0 fully saturated rings. The van der Waals surface area contributed by atoms with Gasteiger partial charge in [0.05, 0.1) is 10.0 Å². The van der Waals surface area contributed by atoms with Crippen molar-refractivity contribution in [2.45, 2.75) is 12.6 Å². The summed E-state index contributed by atoms with van der Waals surface area (Å²) in [7, 11) is -4.06. The summed E-state index contributed by atoms with van der Waals surface area (Å²) in [4.78, 5) is 12.3. The van der Waals surface area contributed by atoms with Crippen LogP contribution in [0.1, 0.15) is 18.1 Å². The predicted molar refractivity (Wildman–Crippen MR) is 121 cm³/mol. The van der Waals surface area contributed by atoms with Crippen LogP contribution in [0.25, 0.3) is 0 Å². The van der Waals surface area contributed by atoms with Gasteiger partial charge in [-0.15, -0.1) is 0 Å². The van der Waals surface area contributed by atoms with Crippen molar-refractivity contribution in [2.75, 3.05) is 0 Å². The molecule has 0 N–H and O–H groups in total. The average Bonchev–Trinajstić information content (AvgIpc) is 2.72. The lowest BCUT2D eigenvalue weighted by Gasteiger charge is -2.28. The smallest absolute Gasteiger partial charge is 0.415 e. The van der Waals surface area contributed by atoms with Crippen LogP contribution in [0.4, 0.5) is 0 Å². The Balaban J connectivity index is 2.16. The molecule has 0 amide bonds. The molecule has 0 saturated heterocycles. The molecule has 1 atom stereocenters. The van der Waals surface area contributed by atoms with Crippen molar-refractivity contribution in [3.8, 4) is 11.5 Å². The SMILES string of the molecule is C=C(C(C)=O)C(c1ccc(Cl)c(Cl)c1)P(=O)(Oc1ccccc1)Oc1ccccc1. The van der Waals surface area contributed by atoms with Crippen LogP contribution >= 0.6 is 30.8 Å². The van der Waals surface area contributed by atoms with E-state index in [2.05, 4.69) is 6.58 Å². The minimum atomic E-state index is -4.06. The van der Waals surface area contributed by atoms with E-state index in [1.807, 2.05) is 0 Å². The summed E-state index contributed by atoms with van der Waals surface area (Å²) in [6, 6.07) is 22.0. The Morgan fingerprint density at radius 1 is 0.867 bits per heavy atom. The van der Waals surface area contributed by atoms with Crippen molar-refractivity contribution in [3.63, 3.8) is 0 Å². The van der Waals surface area contributed by atoms with Crippen LogP contribution in [0.2, 0.25) is 10.0 Å². The summed E-state index contributed by atoms with van der Waals surface area (Å²) in [5.74, 6) is 0.316. The Labute approximate surface area is 185 Å². The Morgan fingerprint density at radius 3 is 1.80 bits per heavy atom. The maximum absolute atomic E-state index is 14.3. The van der Waals surface area contributed by atoms with Crippen molar-refractivity contribution in [2.24, 2.45) is 0 Å². The van der Waals surface area contributed by atoms with Crippen LogP contribution in [-0.2, 0) is 9.36 Å². The van der Waals surface area contributed by atoms with Gasteiger partial charge in [-0.3, -0.25) is 4.79 Å². The van der Waals surface area contributed by atoms with Gasteiger partial charge in [0.15, 0.2) is 5.78 Å². The van der Waals surface area contributed by atoms with Crippen molar-refractivity contribution < 1.29 is 18.4 Å². The molecule has 3 aromatic carbocycles. The van der Waals surface area contributed by atoms with E-state index in [4.69, 9.17) is 32.2 Å². The number of halogens is 2. The molecule has 0 saturated carbocycles. The number of ketones is 1. The standard InChI is InChI=1S/C23H19Cl2O4P/c1-16(17(2)26)23(18-13-14-21(24)22(25)15-18)30(27,28-19-9-5-3-6-10-19)29-20-11-7-4-8-12-20/h3-15,23H,1H2,2H3. The molecule has 4 nitrogen and oxygen atoms in total. The van der Waals surface area contributed by atoms with Gasteiger partial charge in [-0.1, -0.05) is 72.2 Å². The Kier molecular flexibility index (Phi) is 7.04. The molecule has 0 bridgehead atoms. The van der Waals surface area contributed by atoms with E-state index in [1.54, 1.807) is 72.8 Å². The van der Waals surface area contributed by atoms with Gasteiger partial charge in [-0.2, -0.15) is 0 Å². The molecule has 3 rings (SSSR count). The number of carbonyl (C=O) groups is 1. The zero-order valence-electron chi connectivity index (χ0n) is 16.1. The lowest BCUT2D eigenvalue weighted by molar-refractivity contribution is -0.113. The first-order valence-electron chi connectivity index (χ1n) is 9.04. The number of Topliss-reactive ketones (excluding diaryl/α,β-unsaturated/α-hetero) is 1. The number of hydrogen-bond acceptors (Lipinski definition) is 4. The number of benzene rings is 3. The lowest BCUT2D eigenvalue weighted by Crippen LogP contribution is -2.16. The van der Waals surface area contributed by atoms with Gasteiger partial charge in [-0.25, -0.2) is 4.57 Å². The number of para-hydroxylation sites is 2. The second-order valence-electron chi connectivity index (χ2n) is 6.51. The van der Waals surface area contributed by atoms with Gasteiger partial charge in [-0.05, 0) is 48.9 Å². The minimum absolute atomic E-state index is 0.0728. The van der Waals surface area contributed by atoms with Crippen molar-refractivity contribution in [1.29, 1.82) is 0 Å². The van der Waals surface area contributed by atoms with Crippen LogP contribution in [-0.4, -0.2) is 5.78 Å². The molecule has 1 unspecified atom stereocenters. The first-order valence-corrected chi connectivity index (χ1v) is 11.4. The molecule has 30 heavy (non-hydrogen) atoms. The topological polar surface area (TPSA) is 52.6 Å². The highest BCUT2D eigenvalue weighted by Gasteiger charge is 2.44. The van der Waals surface area contributed by atoms with Crippen molar-refractivity contribution in [1.82, 2.24) is 0 Å². The quantitative estimate of drug-likeness (QED) is 0.257. The largest absolute Gasteiger partial charge is 0.442 e. The Bertz CT molecular complexity index is 1060. The highest BCUT2D eigenvalue weighted by atomic mass is 35.5. The summed E-state index contributed by atoms with van der Waals surface area (Å²) in [6.45, 7) is 5.22. The molecular weight excluding hydrogens is 442 g/mol. The summed E-state index contributed by atoms with van der Waals surface area (Å²) < 4.78 is 26.1. The van der Waals surface area contributed by atoms with Crippen LogP contribution in [0.5, 0.6) is 11.5 Å². The first kappa shape index (κ1) is 22.2. The molecule has 0 aliphatic rings. The highest BCUT2D eigenvalue weighted by Crippen LogP contribution is 2.63. The summed E-state index contributed by atoms with van der Waals surface area (Å²) in [5, 5.41) is 0.580. The second-order valence-corrected chi connectivity index (χ2v) is 9.28. The van der Waals surface area contributed by atoms with Crippen LogP contribution in [0, 0.1) is 0 Å². The van der Waals surface area contributed by atoms with E-state index in [0.29, 0.717) is 22.1 Å². The van der Waals surface area contributed by atoms with Gasteiger partial charge >= 0.3 is 7.60 Å². The molecule has 0 spiro atoms. The number of hydrogen-bond donors (Lipinski definition) is 0. The molecule has 3 aromatic rings. The molecule has 154 valence electrons. The summed E-state index contributed by atoms with van der Waals surface area (Å²) >= 11 is 12.2. The van der Waals surface area contributed by atoms with Crippen molar-refractivity contribution in [3.05, 3.63) is 107 Å². The van der Waals surface area contributed by atoms with Crippen LogP contribution in [0.15, 0.2) is 91.0 Å². The number of rotatable bonds is 8. The van der Waals surface area contributed by atoms with E-state index >= 15 is 0 Å². The number of allylic oxidation sites excluding steroid dienone is 1. The van der Waals surface area contributed by atoms with E-state index in [-0.39, 0.29) is 16.4 Å². The van der Waals surface area contributed by atoms with Crippen molar-refractivity contribution >= 4 is 36.6 Å². The third-order valence-corrected chi connectivity index (χ3v) is 7.22. The van der Waals surface area contributed by atoms with Gasteiger partial charge < -0.3 is 9.05 Å². The molecule has 0 aromatic heterocycles. The second kappa shape index (κ2) is 9.53. The first-order chi connectivity index (χ1) is 14.3. The van der Waals surface area contributed by atoms with Crippen LogP contribution in [0.3, 0.4) is 0 Å². The zero-order chi connectivity index (χ0) is 21.7. The van der Waals surface area contributed by atoms with E-state index in [9.17, 15) is 9.36 Å². The maximum Gasteiger partial charge on any atom is 0.442 e. The lowest BCUT2D eigenvalue weighted by atomic mass is 10.0. The molecule has 0 radical (unpaired) electrons. The van der Waals surface area contributed by atoms with E-state index < -0.39 is 13.3 Å². The number of carbonyl (C=O) groups excluding carboxylic acids is 1. The molecule has 0 aliphatic heterocycles. The van der Waals surface area contributed by atoms with E-state index in [1.165, 1.54) is 13.0 Å². The Hall–Kier alpha value is -2.52. The molecular formula is C23H19Cl2O4P. The monoisotopic (exact) mass is 460 g/mol. The maximum atomic E-state index is 14.3. The van der Waals surface area contributed by atoms with Gasteiger partial charge in [0.25, 0.3) is 0 Å². The zero-order valence-corrected chi connectivity index (χ0v) is 18.5. The minimum Gasteiger partial charge on any atom is -0.415 e. The average molecular weight is 461 g/mol. The third-order valence-electron chi connectivity index (χ3n) is 4.31. The summed E-state index contributed by atoms with van der Waals surface area (Å²) in [5.41, 5.74) is -0.575. The van der Waals surface area contributed by atoms with Crippen LogP contribution < -0.4 is 9.05 Å². The van der Waals surface area contributed by atoms with E-state index in [0.717, 1.165) is 0 Å². The fourth-order valence-electron chi connectivity index (χ4n) is 2.83. The fourth-order valence-corrected chi connectivity index (χ4v) is 5.31. The third kappa shape index (κ3) is 5.14. The van der Waals surface area contributed by atoms with Gasteiger partial charge in [0, 0.05) is 5.57 Å². The Morgan fingerprint density at radius 2 is 1.37 bits per heavy atom. The predicted octanol–water partition coefficient (Wildman–Crippen LogP) is 7.53. The van der Waals surface area contributed by atoms with Gasteiger partial charge in [0.1, 0.15) is 17.2 Å².